The summed E-state index contributed by atoms with van der Waals surface area (Å²) in [5.41, 5.74) is 0. The minimum atomic E-state index is -0.880. The van der Waals surface area contributed by atoms with Gasteiger partial charge in [-0.3, -0.25) is 4.79 Å². The summed E-state index contributed by atoms with van der Waals surface area (Å²) >= 11 is 0. The Kier molecular flexibility index (Phi) is 2.25. The van der Waals surface area contributed by atoms with E-state index in [0.717, 1.165) is 6.42 Å². The van der Waals surface area contributed by atoms with Gasteiger partial charge in [0.15, 0.2) is 0 Å². The maximum Gasteiger partial charge on any atom is 0.306 e. The second-order valence-electron chi connectivity index (χ2n) is 2.80. The monoisotopic (exact) mass is 146 g/mol. The highest BCUT2D eigenvalue weighted by atomic mass is 19.1. The summed E-state index contributed by atoms with van der Waals surface area (Å²) in [6, 6.07) is 0. The summed E-state index contributed by atoms with van der Waals surface area (Å²) in [5, 5.41) is 8.49. The Morgan fingerprint density at radius 2 is 2.20 bits per heavy atom. The summed E-state index contributed by atoms with van der Waals surface area (Å²) in [6.07, 6.45) is 1.25. The van der Waals surface area contributed by atoms with E-state index in [1.54, 1.807) is 0 Å². The van der Waals surface area contributed by atoms with Crippen molar-refractivity contribution in [1.82, 2.24) is 0 Å². The van der Waals surface area contributed by atoms with Gasteiger partial charge in [-0.1, -0.05) is 0 Å². The van der Waals surface area contributed by atoms with Gasteiger partial charge in [-0.15, -0.1) is 0 Å². The molecule has 2 nitrogen and oxygen atoms in total. The Bertz CT molecular complexity index is 136. The lowest BCUT2D eigenvalue weighted by Crippen LogP contribution is -2.22. The molecular weight excluding hydrogens is 135 g/mol. The lowest BCUT2D eigenvalue weighted by molar-refractivity contribution is -0.143. The van der Waals surface area contributed by atoms with Crippen molar-refractivity contribution >= 4 is 5.97 Å². The molecule has 1 aliphatic carbocycles. The summed E-state index contributed by atoms with van der Waals surface area (Å²) in [6.45, 7) is 0. The topological polar surface area (TPSA) is 37.3 Å². The molecular formula is C7H11FO2. The third kappa shape index (κ3) is 1.69. The van der Waals surface area contributed by atoms with Crippen LogP contribution in [0.2, 0.25) is 0 Å². The molecule has 1 rings (SSSR count). The Labute approximate surface area is 59.0 Å². The van der Waals surface area contributed by atoms with Gasteiger partial charge >= 0.3 is 5.97 Å². The standard InChI is InChI=1S/C7H11FO2/c8-6-3-1-2-5(4-6)7(9)10/h5-6H,1-4H2,(H,9,10)/t5-,6+/m1/s1. The average molecular weight is 146 g/mol. The van der Waals surface area contributed by atoms with Crippen LogP contribution in [0.15, 0.2) is 0 Å². The quantitative estimate of drug-likeness (QED) is 0.610. The molecule has 1 saturated carbocycles. The van der Waals surface area contributed by atoms with Crippen molar-refractivity contribution in [1.29, 1.82) is 0 Å². The van der Waals surface area contributed by atoms with Crippen LogP contribution >= 0.6 is 0 Å². The third-order valence-electron chi connectivity index (χ3n) is 1.96. The van der Waals surface area contributed by atoms with Crippen molar-refractivity contribution in [2.45, 2.75) is 31.9 Å². The first-order chi connectivity index (χ1) is 4.70. The molecule has 0 aromatic heterocycles. The minimum Gasteiger partial charge on any atom is -0.481 e. The van der Waals surface area contributed by atoms with Gasteiger partial charge in [-0.2, -0.15) is 0 Å². The number of alkyl halides is 1. The normalized spacial score (nSPS) is 33.7. The van der Waals surface area contributed by atoms with Crippen LogP contribution in [-0.2, 0) is 4.79 Å². The van der Waals surface area contributed by atoms with Crippen molar-refractivity contribution in [2.75, 3.05) is 0 Å². The summed E-state index contributed by atoms with van der Waals surface area (Å²) in [7, 11) is 0. The summed E-state index contributed by atoms with van der Waals surface area (Å²) in [4.78, 5) is 10.3. The number of carbonyl (C=O) groups is 1. The second-order valence-corrected chi connectivity index (χ2v) is 2.80. The number of carboxylic acid groups (broad SMARTS) is 1. The van der Waals surface area contributed by atoms with Crippen molar-refractivity contribution in [3.8, 4) is 0 Å². The van der Waals surface area contributed by atoms with Crippen LogP contribution in [-0.4, -0.2) is 17.2 Å². The molecule has 0 unspecified atom stereocenters. The van der Waals surface area contributed by atoms with Gasteiger partial charge in [0.05, 0.1) is 5.92 Å². The highest BCUT2D eigenvalue weighted by molar-refractivity contribution is 5.70. The van der Waals surface area contributed by atoms with Crippen molar-refractivity contribution < 1.29 is 14.3 Å². The van der Waals surface area contributed by atoms with E-state index in [2.05, 4.69) is 0 Å². The number of halogens is 1. The predicted molar refractivity (Wildman–Crippen MR) is 34.5 cm³/mol. The molecule has 58 valence electrons. The van der Waals surface area contributed by atoms with Crippen LogP contribution in [0.4, 0.5) is 4.39 Å². The number of carboxylic acids is 1. The maximum atomic E-state index is 12.5. The van der Waals surface area contributed by atoms with Gasteiger partial charge in [0.1, 0.15) is 6.17 Å². The van der Waals surface area contributed by atoms with Gasteiger partial charge in [-0.25, -0.2) is 4.39 Å². The molecule has 1 aliphatic rings. The molecule has 0 bridgehead atoms. The third-order valence-corrected chi connectivity index (χ3v) is 1.96. The predicted octanol–water partition coefficient (Wildman–Crippen LogP) is 1.60. The SMILES string of the molecule is O=C(O)[C@@H]1CCC[C@H](F)C1. The Morgan fingerprint density at radius 1 is 1.50 bits per heavy atom. The van der Waals surface area contributed by atoms with Gasteiger partial charge in [0, 0.05) is 0 Å². The zero-order valence-electron chi connectivity index (χ0n) is 5.72. The maximum absolute atomic E-state index is 12.5. The van der Waals surface area contributed by atoms with E-state index in [0.29, 0.717) is 12.8 Å². The molecule has 0 aromatic carbocycles. The molecule has 0 heterocycles. The number of rotatable bonds is 1. The van der Waals surface area contributed by atoms with Gasteiger partial charge in [0.2, 0.25) is 0 Å². The summed E-state index contributed by atoms with van der Waals surface area (Å²) in [5.74, 6) is -1.27. The van der Waals surface area contributed by atoms with Crippen LogP contribution in [0, 0.1) is 5.92 Å². The van der Waals surface area contributed by atoms with E-state index >= 15 is 0 Å². The molecule has 3 heteroatoms. The smallest absolute Gasteiger partial charge is 0.306 e. The molecule has 0 aromatic rings. The number of hydrogen-bond acceptors (Lipinski definition) is 1. The average Bonchev–Trinajstić information content (AvgIpc) is 1.88. The van der Waals surface area contributed by atoms with Gasteiger partial charge in [0.25, 0.3) is 0 Å². The number of aliphatic carboxylic acids is 1. The fourth-order valence-corrected chi connectivity index (χ4v) is 1.35. The molecule has 2 atom stereocenters. The fourth-order valence-electron chi connectivity index (χ4n) is 1.35. The summed E-state index contributed by atoms with van der Waals surface area (Å²) < 4.78 is 12.5. The van der Waals surface area contributed by atoms with Crippen molar-refractivity contribution in [2.24, 2.45) is 5.92 Å². The minimum absolute atomic E-state index is 0.218. The van der Waals surface area contributed by atoms with E-state index in [9.17, 15) is 9.18 Å². The van der Waals surface area contributed by atoms with Crippen molar-refractivity contribution in [3.05, 3.63) is 0 Å². The molecule has 10 heavy (non-hydrogen) atoms. The molecule has 1 fully saturated rings. The molecule has 0 saturated heterocycles. The Balaban J connectivity index is 2.39. The molecule has 0 aliphatic heterocycles. The first kappa shape index (κ1) is 7.51. The van der Waals surface area contributed by atoms with Gasteiger partial charge in [-0.05, 0) is 25.7 Å². The largest absolute Gasteiger partial charge is 0.481 e. The van der Waals surface area contributed by atoms with E-state index in [1.165, 1.54) is 0 Å². The van der Waals surface area contributed by atoms with E-state index in [4.69, 9.17) is 5.11 Å². The molecule has 0 spiro atoms. The van der Waals surface area contributed by atoms with E-state index < -0.39 is 18.1 Å². The first-order valence-electron chi connectivity index (χ1n) is 3.57. The Morgan fingerprint density at radius 3 is 2.60 bits per heavy atom. The lowest BCUT2D eigenvalue weighted by atomic mass is 9.88. The molecule has 0 radical (unpaired) electrons. The highest BCUT2D eigenvalue weighted by Crippen LogP contribution is 2.26. The first-order valence-corrected chi connectivity index (χ1v) is 3.57. The number of hydrogen-bond donors (Lipinski definition) is 1. The lowest BCUT2D eigenvalue weighted by Gasteiger charge is -2.20. The molecule has 0 amide bonds. The zero-order chi connectivity index (χ0) is 7.56. The van der Waals surface area contributed by atoms with E-state index in [-0.39, 0.29) is 6.42 Å². The highest BCUT2D eigenvalue weighted by Gasteiger charge is 2.26. The van der Waals surface area contributed by atoms with Crippen LogP contribution in [0.1, 0.15) is 25.7 Å². The Hall–Kier alpha value is -0.600. The van der Waals surface area contributed by atoms with Crippen LogP contribution in [0.5, 0.6) is 0 Å². The molecule has 1 N–H and O–H groups in total. The fraction of sp³-hybridized carbons (Fsp3) is 0.857. The van der Waals surface area contributed by atoms with Gasteiger partial charge < -0.3 is 5.11 Å². The van der Waals surface area contributed by atoms with Crippen LogP contribution in [0.3, 0.4) is 0 Å². The second kappa shape index (κ2) is 2.99. The van der Waals surface area contributed by atoms with Crippen LogP contribution in [0.25, 0.3) is 0 Å². The van der Waals surface area contributed by atoms with E-state index in [1.807, 2.05) is 0 Å². The van der Waals surface area contributed by atoms with Crippen LogP contribution < -0.4 is 0 Å². The van der Waals surface area contributed by atoms with Crippen molar-refractivity contribution in [3.63, 3.8) is 0 Å². The zero-order valence-corrected chi connectivity index (χ0v) is 5.72.